The van der Waals surface area contributed by atoms with Gasteiger partial charge < -0.3 is 9.30 Å². The highest BCUT2D eigenvalue weighted by molar-refractivity contribution is 7.09. The van der Waals surface area contributed by atoms with E-state index < -0.39 is 0 Å². The standard InChI is InChI=1S/C15H15N3O2S/c1-10-4-5-18(15(19)12(10)7-16)8-11-9-21-14(17-11)13-3-2-6-20-13/h4-5,9,13H,2-3,6,8H2,1H3. The van der Waals surface area contributed by atoms with Crippen LogP contribution >= 0.6 is 11.3 Å². The fourth-order valence-electron chi connectivity index (χ4n) is 2.42. The Balaban J connectivity index is 1.84. The molecule has 1 atom stereocenters. The van der Waals surface area contributed by atoms with Gasteiger partial charge in [0.05, 0.1) is 12.2 Å². The highest BCUT2D eigenvalue weighted by atomic mass is 32.1. The summed E-state index contributed by atoms with van der Waals surface area (Å²) >= 11 is 1.57. The lowest BCUT2D eigenvalue weighted by Gasteiger charge is -2.06. The van der Waals surface area contributed by atoms with Gasteiger partial charge in [-0.25, -0.2) is 4.98 Å². The third-order valence-electron chi connectivity index (χ3n) is 3.59. The van der Waals surface area contributed by atoms with Crippen LogP contribution in [0.5, 0.6) is 0 Å². The van der Waals surface area contributed by atoms with Crippen LogP contribution in [0.25, 0.3) is 0 Å². The van der Waals surface area contributed by atoms with E-state index in [-0.39, 0.29) is 17.2 Å². The van der Waals surface area contributed by atoms with Gasteiger partial charge in [-0.05, 0) is 31.4 Å². The first-order valence-electron chi connectivity index (χ1n) is 6.85. The number of nitrogens with zero attached hydrogens (tertiary/aromatic N) is 3. The van der Waals surface area contributed by atoms with E-state index in [1.165, 1.54) is 4.57 Å². The van der Waals surface area contributed by atoms with Crippen molar-refractivity contribution < 1.29 is 4.74 Å². The predicted octanol–water partition coefficient (Wildman–Crippen LogP) is 2.38. The zero-order valence-electron chi connectivity index (χ0n) is 11.7. The number of hydrogen-bond acceptors (Lipinski definition) is 5. The van der Waals surface area contributed by atoms with Crippen LogP contribution in [0.15, 0.2) is 22.4 Å². The van der Waals surface area contributed by atoms with Crippen LogP contribution in [0.3, 0.4) is 0 Å². The number of aryl methyl sites for hydroxylation is 1. The van der Waals surface area contributed by atoms with Gasteiger partial charge in [0.1, 0.15) is 22.7 Å². The molecule has 2 aromatic heterocycles. The quantitative estimate of drug-likeness (QED) is 0.873. The molecule has 5 nitrogen and oxygen atoms in total. The third-order valence-corrected chi connectivity index (χ3v) is 4.58. The minimum Gasteiger partial charge on any atom is -0.371 e. The maximum Gasteiger partial charge on any atom is 0.269 e. The Labute approximate surface area is 126 Å². The highest BCUT2D eigenvalue weighted by Gasteiger charge is 2.21. The van der Waals surface area contributed by atoms with E-state index in [0.717, 1.165) is 30.2 Å². The second-order valence-electron chi connectivity index (χ2n) is 5.10. The van der Waals surface area contributed by atoms with Crippen molar-refractivity contribution in [2.75, 3.05) is 6.61 Å². The molecule has 0 N–H and O–H groups in total. The number of pyridine rings is 1. The van der Waals surface area contributed by atoms with Crippen LogP contribution < -0.4 is 5.56 Å². The molecule has 3 rings (SSSR count). The van der Waals surface area contributed by atoms with E-state index in [9.17, 15) is 4.79 Å². The summed E-state index contributed by atoms with van der Waals surface area (Å²) in [6, 6.07) is 3.75. The van der Waals surface area contributed by atoms with Crippen LogP contribution in [0.4, 0.5) is 0 Å². The van der Waals surface area contributed by atoms with Gasteiger partial charge in [-0.3, -0.25) is 4.79 Å². The summed E-state index contributed by atoms with van der Waals surface area (Å²) in [6.07, 6.45) is 3.90. The van der Waals surface area contributed by atoms with E-state index in [1.54, 1.807) is 30.5 Å². The number of rotatable bonds is 3. The van der Waals surface area contributed by atoms with E-state index in [1.807, 2.05) is 11.4 Å². The van der Waals surface area contributed by atoms with Crippen molar-refractivity contribution in [1.82, 2.24) is 9.55 Å². The number of aromatic nitrogens is 2. The largest absolute Gasteiger partial charge is 0.371 e. The minimum absolute atomic E-state index is 0.105. The molecule has 21 heavy (non-hydrogen) atoms. The molecule has 3 heterocycles. The molecule has 0 amide bonds. The fourth-order valence-corrected chi connectivity index (χ4v) is 3.31. The van der Waals surface area contributed by atoms with Crippen molar-refractivity contribution in [3.05, 3.63) is 49.8 Å². The predicted molar refractivity (Wildman–Crippen MR) is 79.3 cm³/mol. The van der Waals surface area contributed by atoms with Crippen LogP contribution in [0.2, 0.25) is 0 Å². The molecule has 108 valence electrons. The first-order valence-corrected chi connectivity index (χ1v) is 7.73. The van der Waals surface area contributed by atoms with Crippen molar-refractivity contribution in [2.24, 2.45) is 0 Å². The van der Waals surface area contributed by atoms with E-state index in [0.29, 0.717) is 12.1 Å². The van der Waals surface area contributed by atoms with Crippen molar-refractivity contribution in [2.45, 2.75) is 32.4 Å². The fraction of sp³-hybridized carbons (Fsp3) is 0.400. The van der Waals surface area contributed by atoms with Gasteiger partial charge in [0, 0.05) is 18.2 Å². The van der Waals surface area contributed by atoms with E-state index >= 15 is 0 Å². The van der Waals surface area contributed by atoms with Crippen molar-refractivity contribution >= 4 is 11.3 Å². The van der Waals surface area contributed by atoms with Crippen LogP contribution in [0, 0.1) is 18.3 Å². The van der Waals surface area contributed by atoms with Crippen LogP contribution in [0.1, 0.15) is 40.8 Å². The second kappa shape index (κ2) is 5.80. The summed E-state index contributed by atoms with van der Waals surface area (Å²) < 4.78 is 7.14. The molecule has 0 aliphatic carbocycles. The lowest BCUT2D eigenvalue weighted by atomic mass is 10.2. The number of ether oxygens (including phenoxy) is 1. The molecule has 6 heteroatoms. The molecule has 0 saturated carbocycles. The number of thiazole rings is 1. The minimum atomic E-state index is -0.260. The number of hydrogen-bond donors (Lipinski definition) is 0. The van der Waals surface area contributed by atoms with E-state index in [2.05, 4.69) is 4.98 Å². The number of nitriles is 1. The Kier molecular flexibility index (Phi) is 3.86. The Morgan fingerprint density at radius 1 is 1.62 bits per heavy atom. The summed E-state index contributed by atoms with van der Waals surface area (Å²) in [5.41, 5.74) is 1.48. The molecule has 0 radical (unpaired) electrons. The normalized spacial score (nSPS) is 17.8. The summed E-state index contributed by atoms with van der Waals surface area (Å²) in [5.74, 6) is 0. The second-order valence-corrected chi connectivity index (χ2v) is 5.99. The maximum atomic E-state index is 12.2. The Bertz CT molecular complexity index is 751. The van der Waals surface area contributed by atoms with Crippen LogP contribution in [-0.2, 0) is 11.3 Å². The monoisotopic (exact) mass is 301 g/mol. The summed E-state index contributed by atoms with van der Waals surface area (Å²) in [4.78, 5) is 16.7. The van der Waals surface area contributed by atoms with Gasteiger partial charge in [-0.15, -0.1) is 11.3 Å². The van der Waals surface area contributed by atoms with Crippen molar-refractivity contribution in [3.63, 3.8) is 0 Å². The lowest BCUT2D eigenvalue weighted by molar-refractivity contribution is 0.111. The zero-order chi connectivity index (χ0) is 14.8. The first-order chi connectivity index (χ1) is 10.2. The molecule has 0 bridgehead atoms. The average Bonchev–Trinajstić information content (AvgIpc) is 3.13. The summed E-state index contributed by atoms with van der Waals surface area (Å²) in [6.45, 7) is 2.95. The molecule has 0 aromatic carbocycles. The molecule has 1 saturated heterocycles. The molecular weight excluding hydrogens is 286 g/mol. The lowest BCUT2D eigenvalue weighted by Crippen LogP contribution is -2.23. The van der Waals surface area contributed by atoms with Crippen molar-refractivity contribution in [3.8, 4) is 6.07 Å². The van der Waals surface area contributed by atoms with Gasteiger partial charge in [0.2, 0.25) is 0 Å². The Hall–Kier alpha value is -1.97. The third kappa shape index (κ3) is 2.75. The SMILES string of the molecule is Cc1ccn(Cc2csc(C3CCCO3)n2)c(=O)c1C#N. The van der Waals surface area contributed by atoms with Gasteiger partial charge >= 0.3 is 0 Å². The maximum absolute atomic E-state index is 12.2. The molecule has 2 aromatic rings. The molecular formula is C15H15N3O2S. The van der Waals surface area contributed by atoms with Gasteiger partial charge in [0.25, 0.3) is 5.56 Å². The average molecular weight is 301 g/mol. The summed E-state index contributed by atoms with van der Waals surface area (Å²) in [7, 11) is 0. The highest BCUT2D eigenvalue weighted by Crippen LogP contribution is 2.30. The topological polar surface area (TPSA) is 67.9 Å². The smallest absolute Gasteiger partial charge is 0.269 e. The van der Waals surface area contributed by atoms with Crippen molar-refractivity contribution in [1.29, 1.82) is 5.26 Å². The molecule has 1 unspecified atom stereocenters. The molecule has 0 spiro atoms. The van der Waals surface area contributed by atoms with E-state index in [4.69, 9.17) is 10.00 Å². The van der Waals surface area contributed by atoms with Crippen LogP contribution in [-0.4, -0.2) is 16.2 Å². The zero-order valence-corrected chi connectivity index (χ0v) is 12.5. The molecule has 1 aliphatic heterocycles. The van der Waals surface area contributed by atoms with Gasteiger partial charge in [-0.1, -0.05) is 0 Å². The first kappa shape index (κ1) is 14.0. The Morgan fingerprint density at radius 2 is 2.48 bits per heavy atom. The molecule has 1 aliphatic rings. The Morgan fingerprint density at radius 3 is 3.19 bits per heavy atom. The summed E-state index contributed by atoms with van der Waals surface area (Å²) in [5, 5.41) is 12.0. The molecule has 1 fully saturated rings. The van der Waals surface area contributed by atoms with Gasteiger partial charge in [0.15, 0.2) is 0 Å². The van der Waals surface area contributed by atoms with Gasteiger partial charge in [-0.2, -0.15) is 5.26 Å².